The molecule has 0 aliphatic heterocycles. The highest BCUT2D eigenvalue weighted by Crippen LogP contribution is 2.27. The van der Waals surface area contributed by atoms with Crippen LogP contribution in [0, 0.1) is 0 Å². The normalized spacial score (nSPS) is 11.6. The van der Waals surface area contributed by atoms with Gasteiger partial charge in [0, 0.05) is 11.6 Å². The lowest BCUT2D eigenvalue weighted by Gasteiger charge is -2.15. The van der Waals surface area contributed by atoms with Crippen LogP contribution >= 0.6 is 0 Å². The lowest BCUT2D eigenvalue weighted by Crippen LogP contribution is -2.34. The fourth-order valence-electron chi connectivity index (χ4n) is 2.30. The molecule has 0 saturated carbocycles. The van der Waals surface area contributed by atoms with Crippen molar-refractivity contribution in [2.45, 2.75) is 19.4 Å². The molecule has 1 amide bonds. The summed E-state index contributed by atoms with van der Waals surface area (Å²) in [7, 11) is 3.12. The van der Waals surface area contributed by atoms with E-state index in [9.17, 15) is 4.79 Å². The van der Waals surface area contributed by atoms with Crippen LogP contribution in [0.15, 0.2) is 48.5 Å². The quantitative estimate of drug-likeness (QED) is 0.891. The van der Waals surface area contributed by atoms with E-state index in [4.69, 9.17) is 9.47 Å². The number of nitrogens with one attached hydrogen (secondary N) is 1. The average molecular weight is 299 g/mol. The standard InChI is InChI=1S/C18H21NO3/c1-13(11-14-7-5-4-6-8-14)19-18(20)15-9-10-16(21-2)17(12-15)22-3/h4-10,12-13H,11H2,1-3H3,(H,19,20)/t13-/m1/s1. The number of carbonyl (C=O) groups excluding carboxylic acids is 1. The Bertz CT molecular complexity index is 625. The van der Waals surface area contributed by atoms with E-state index in [2.05, 4.69) is 17.4 Å². The molecule has 0 bridgehead atoms. The highest BCUT2D eigenvalue weighted by atomic mass is 16.5. The van der Waals surface area contributed by atoms with Crippen molar-refractivity contribution in [2.24, 2.45) is 0 Å². The molecule has 0 spiro atoms. The summed E-state index contributed by atoms with van der Waals surface area (Å²) < 4.78 is 10.4. The molecule has 2 aromatic rings. The summed E-state index contributed by atoms with van der Waals surface area (Å²) in [6.07, 6.45) is 0.792. The fraction of sp³-hybridized carbons (Fsp3) is 0.278. The van der Waals surface area contributed by atoms with Gasteiger partial charge >= 0.3 is 0 Å². The molecule has 4 heteroatoms. The van der Waals surface area contributed by atoms with E-state index >= 15 is 0 Å². The van der Waals surface area contributed by atoms with Crippen LogP contribution < -0.4 is 14.8 Å². The Morgan fingerprint density at radius 3 is 2.36 bits per heavy atom. The molecule has 1 N–H and O–H groups in total. The van der Waals surface area contributed by atoms with Gasteiger partial charge in [0.1, 0.15) is 0 Å². The van der Waals surface area contributed by atoms with E-state index in [1.165, 1.54) is 5.56 Å². The highest BCUT2D eigenvalue weighted by Gasteiger charge is 2.13. The minimum absolute atomic E-state index is 0.0444. The number of carbonyl (C=O) groups is 1. The molecule has 0 aromatic heterocycles. The van der Waals surface area contributed by atoms with Gasteiger partial charge in [-0.3, -0.25) is 4.79 Å². The second kappa shape index (κ2) is 7.50. The van der Waals surface area contributed by atoms with Crippen LogP contribution in [0.5, 0.6) is 11.5 Å². The monoisotopic (exact) mass is 299 g/mol. The van der Waals surface area contributed by atoms with Gasteiger partial charge < -0.3 is 14.8 Å². The molecule has 0 radical (unpaired) electrons. The van der Waals surface area contributed by atoms with Crippen molar-refractivity contribution in [2.75, 3.05) is 14.2 Å². The highest BCUT2D eigenvalue weighted by molar-refractivity contribution is 5.95. The van der Waals surface area contributed by atoms with Crippen molar-refractivity contribution in [3.8, 4) is 11.5 Å². The van der Waals surface area contributed by atoms with Crippen molar-refractivity contribution >= 4 is 5.91 Å². The predicted molar refractivity (Wildman–Crippen MR) is 86.6 cm³/mol. The van der Waals surface area contributed by atoms with Gasteiger partial charge in [0.05, 0.1) is 14.2 Å². The zero-order valence-corrected chi connectivity index (χ0v) is 13.1. The first-order valence-corrected chi connectivity index (χ1v) is 7.21. The Balaban J connectivity index is 2.02. The number of hydrogen-bond acceptors (Lipinski definition) is 3. The van der Waals surface area contributed by atoms with Crippen LogP contribution in [-0.2, 0) is 6.42 Å². The van der Waals surface area contributed by atoms with Gasteiger partial charge in [-0.15, -0.1) is 0 Å². The van der Waals surface area contributed by atoms with Crippen LogP contribution in [0.25, 0.3) is 0 Å². The molecule has 1 atom stereocenters. The Morgan fingerprint density at radius 2 is 1.73 bits per heavy atom. The molecule has 0 saturated heterocycles. The minimum Gasteiger partial charge on any atom is -0.493 e. The first-order chi connectivity index (χ1) is 10.6. The summed E-state index contributed by atoms with van der Waals surface area (Å²) in [5, 5.41) is 3.00. The molecule has 0 aliphatic carbocycles. The SMILES string of the molecule is COc1ccc(C(=O)N[C@H](C)Cc2ccccc2)cc1OC. The molecule has 4 nitrogen and oxygen atoms in total. The molecule has 0 aliphatic rings. The summed E-state index contributed by atoms with van der Waals surface area (Å²) in [6.45, 7) is 1.99. The van der Waals surface area contributed by atoms with Crippen molar-refractivity contribution in [3.63, 3.8) is 0 Å². The van der Waals surface area contributed by atoms with E-state index in [1.807, 2.05) is 25.1 Å². The van der Waals surface area contributed by atoms with Crippen molar-refractivity contribution in [1.82, 2.24) is 5.32 Å². The number of rotatable bonds is 6. The fourth-order valence-corrected chi connectivity index (χ4v) is 2.30. The van der Waals surface area contributed by atoms with Crippen molar-refractivity contribution < 1.29 is 14.3 Å². The smallest absolute Gasteiger partial charge is 0.251 e. The first kappa shape index (κ1) is 15.9. The van der Waals surface area contributed by atoms with E-state index in [0.717, 1.165) is 6.42 Å². The average Bonchev–Trinajstić information content (AvgIpc) is 2.54. The molecule has 0 unspecified atom stereocenters. The number of benzene rings is 2. The lowest BCUT2D eigenvalue weighted by atomic mass is 10.1. The zero-order valence-electron chi connectivity index (χ0n) is 13.1. The largest absolute Gasteiger partial charge is 0.493 e. The second-order valence-corrected chi connectivity index (χ2v) is 5.13. The van der Waals surface area contributed by atoms with Gasteiger partial charge in [0.2, 0.25) is 0 Å². The minimum atomic E-state index is -0.121. The second-order valence-electron chi connectivity index (χ2n) is 5.13. The van der Waals surface area contributed by atoms with Crippen molar-refractivity contribution in [1.29, 1.82) is 0 Å². The predicted octanol–water partition coefficient (Wildman–Crippen LogP) is 3.06. The van der Waals surface area contributed by atoms with Gasteiger partial charge in [-0.2, -0.15) is 0 Å². The van der Waals surface area contributed by atoms with Gasteiger partial charge in [-0.05, 0) is 37.1 Å². The first-order valence-electron chi connectivity index (χ1n) is 7.21. The van der Waals surface area contributed by atoms with Gasteiger partial charge in [0.25, 0.3) is 5.91 Å². The van der Waals surface area contributed by atoms with E-state index < -0.39 is 0 Å². The topological polar surface area (TPSA) is 47.6 Å². The van der Waals surface area contributed by atoms with Crippen LogP contribution in [-0.4, -0.2) is 26.2 Å². The molecule has 116 valence electrons. The summed E-state index contributed by atoms with van der Waals surface area (Å²) >= 11 is 0. The number of methoxy groups -OCH3 is 2. The Labute approximate surface area is 131 Å². The zero-order chi connectivity index (χ0) is 15.9. The van der Waals surface area contributed by atoms with Crippen LogP contribution in [0.4, 0.5) is 0 Å². The maximum Gasteiger partial charge on any atom is 0.251 e. The molecular formula is C18H21NO3. The molecule has 2 aromatic carbocycles. The lowest BCUT2D eigenvalue weighted by molar-refractivity contribution is 0.0939. The third-order valence-corrected chi connectivity index (χ3v) is 3.41. The Hall–Kier alpha value is -2.49. The molecule has 2 rings (SSSR count). The van der Waals surface area contributed by atoms with Crippen LogP contribution in [0.2, 0.25) is 0 Å². The Kier molecular flexibility index (Phi) is 5.42. The summed E-state index contributed by atoms with van der Waals surface area (Å²) in [5.74, 6) is 1.03. The summed E-state index contributed by atoms with van der Waals surface area (Å²) in [5.41, 5.74) is 1.75. The van der Waals surface area contributed by atoms with E-state index in [-0.39, 0.29) is 11.9 Å². The molecule has 22 heavy (non-hydrogen) atoms. The maximum absolute atomic E-state index is 12.3. The number of ether oxygens (including phenoxy) is 2. The maximum atomic E-state index is 12.3. The van der Waals surface area contributed by atoms with Crippen LogP contribution in [0.1, 0.15) is 22.8 Å². The number of hydrogen-bond donors (Lipinski definition) is 1. The molecular weight excluding hydrogens is 278 g/mol. The Morgan fingerprint density at radius 1 is 1.05 bits per heavy atom. The molecule has 0 fully saturated rings. The van der Waals surface area contributed by atoms with Gasteiger partial charge in [0.15, 0.2) is 11.5 Å². The van der Waals surface area contributed by atoms with Crippen LogP contribution in [0.3, 0.4) is 0 Å². The van der Waals surface area contributed by atoms with Gasteiger partial charge in [-0.1, -0.05) is 30.3 Å². The summed E-state index contributed by atoms with van der Waals surface area (Å²) in [6, 6.07) is 15.3. The third-order valence-electron chi connectivity index (χ3n) is 3.41. The van der Waals surface area contributed by atoms with E-state index in [0.29, 0.717) is 17.1 Å². The molecule has 0 heterocycles. The number of amides is 1. The summed E-state index contributed by atoms with van der Waals surface area (Å²) in [4.78, 5) is 12.3. The van der Waals surface area contributed by atoms with Gasteiger partial charge in [-0.25, -0.2) is 0 Å². The third kappa shape index (κ3) is 4.01. The van der Waals surface area contributed by atoms with Crippen molar-refractivity contribution in [3.05, 3.63) is 59.7 Å². The van der Waals surface area contributed by atoms with E-state index in [1.54, 1.807) is 32.4 Å².